The van der Waals surface area contributed by atoms with E-state index < -0.39 is 0 Å². The second kappa shape index (κ2) is 6.28. The first kappa shape index (κ1) is 14.1. The Hall–Kier alpha value is -1.85. The van der Waals surface area contributed by atoms with E-state index in [1.807, 2.05) is 30.3 Å². The van der Waals surface area contributed by atoms with E-state index in [0.717, 1.165) is 25.0 Å². The lowest BCUT2D eigenvalue weighted by Crippen LogP contribution is -2.11. The highest BCUT2D eigenvalue weighted by molar-refractivity contribution is 6.32. The first-order valence-corrected chi connectivity index (χ1v) is 7.34. The Morgan fingerprint density at radius 1 is 1.29 bits per heavy atom. The highest BCUT2D eigenvalue weighted by atomic mass is 35.5. The number of hydrogen-bond acceptors (Lipinski definition) is 5. The van der Waals surface area contributed by atoms with Crippen LogP contribution in [0.2, 0.25) is 5.15 Å². The molecule has 1 aromatic heterocycles. The molecule has 1 aromatic carbocycles. The van der Waals surface area contributed by atoms with Crippen molar-refractivity contribution in [1.29, 1.82) is 0 Å². The highest BCUT2D eigenvalue weighted by Gasteiger charge is 2.22. The van der Waals surface area contributed by atoms with Gasteiger partial charge in [-0.15, -0.1) is 0 Å². The van der Waals surface area contributed by atoms with Gasteiger partial charge in [0.15, 0.2) is 16.8 Å². The standard InChI is InChI=1S/C15H17ClN4O/c16-13-12(17)15(18-9-10-5-2-1-3-6-10)20-14(19-13)11-7-4-8-21-11/h1-3,5-6,11H,4,7-9,17H2,(H,18,19,20). The van der Waals surface area contributed by atoms with Gasteiger partial charge in [-0.1, -0.05) is 41.9 Å². The van der Waals surface area contributed by atoms with E-state index in [0.29, 0.717) is 23.9 Å². The van der Waals surface area contributed by atoms with Crippen molar-refractivity contribution in [3.8, 4) is 0 Å². The molecule has 1 unspecified atom stereocenters. The van der Waals surface area contributed by atoms with Gasteiger partial charge in [0.1, 0.15) is 11.8 Å². The molecular weight excluding hydrogens is 288 g/mol. The Kier molecular flexibility index (Phi) is 4.22. The van der Waals surface area contributed by atoms with Crippen LogP contribution in [0.15, 0.2) is 30.3 Å². The molecule has 2 aromatic rings. The smallest absolute Gasteiger partial charge is 0.161 e. The number of rotatable bonds is 4. The Balaban J connectivity index is 1.80. The molecule has 0 aliphatic carbocycles. The molecule has 0 bridgehead atoms. The summed E-state index contributed by atoms with van der Waals surface area (Å²) in [6.07, 6.45) is 1.85. The molecule has 1 aliphatic heterocycles. The number of aromatic nitrogens is 2. The third kappa shape index (κ3) is 3.25. The molecule has 1 saturated heterocycles. The van der Waals surface area contributed by atoms with Crippen molar-refractivity contribution in [3.05, 3.63) is 46.9 Å². The summed E-state index contributed by atoms with van der Waals surface area (Å²) in [5.41, 5.74) is 7.47. The molecule has 0 spiro atoms. The number of nitrogen functional groups attached to an aromatic ring is 1. The maximum atomic E-state index is 6.11. The molecule has 1 atom stereocenters. The first-order valence-electron chi connectivity index (χ1n) is 6.96. The molecule has 1 aliphatic rings. The van der Waals surface area contributed by atoms with Gasteiger partial charge in [-0.2, -0.15) is 0 Å². The van der Waals surface area contributed by atoms with Gasteiger partial charge in [0.05, 0.1) is 0 Å². The van der Waals surface area contributed by atoms with E-state index in [4.69, 9.17) is 22.1 Å². The Bertz CT molecular complexity index is 615. The number of nitrogens with two attached hydrogens (primary N) is 1. The Morgan fingerprint density at radius 2 is 2.10 bits per heavy atom. The summed E-state index contributed by atoms with van der Waals surface area (Å²) >= 11 is 6.11. The van der Waals surface area contributed by atoms with Crippen molar-refractivity contribution in [2.75, 3.05) is 17.7 Å². The van der Waals surface area contributed by atoms with E-state index in [2.05, 4.69) is 15.3 Å². The third-order valence-electron chi connectivity index (χ3n) is 3.44. The van der Waals surface area contributed by atoms with E-state index in [1.165, 1.54) is 0 Å². The quantitative estimate of drug-likeness (QED) is 0.849. The minimum absolute atomic E-state index is 0.0830. The summed E-state index contributed by atoms with van der Waals surface area (Å²) in [6.45, 7) is 1.37. The monoisotopic (exact) mass is 304 g/mol. The van der Waals surface area contributed by atoms with Crippen molar-refractivity contribution in [1.82, 2.24) is 9.97 Å². The van der Waals surface area contributed by atoms with Crippen molar-refractivity contribution >= 4 is 23.1 Å². The van der Waals surface area contributed by atoms with Gasteiger partial charge in [-0.3, -0.25) is 0 Å². The van der Waals surface area contributed by atoms with Crippen LogP contribution in [0.25, 0.3) is 0 Å². The highest BCUT2D eigenvalue weighted by Crippen LogP contribution is 2.31. The molecule has 2 heterocycles. The van der Waals surface area contributed by atoms with Crippen LogP contribution in [0.1, 0.15) is 30.3 Å². The first-order chi connectivity index (χ1) is 10.2. The molecule has 21 heavy (non-hydrogen) atoms. The third-order valence-corrected chi connectivity index (χ3v) is 3.73. The second-order valence-corrected chi connectivity index (χ2v) is 5.33. The molecule has 3 rings (SSSR count). The van der Waals surface area contributed by atoms with Crippen molar-refractivity contribution in [2.24, 2.45) is 0 Å². The summed E-state index contributed by atoms with van der Waals surface area (Å²) in [5.74, 6) is 1.16. The van der Waals surface area contributed by atoms with Crippen LogP contribution in [0.4, 0.5) is 11.5 Å². The zero-order valence-corrected chi connectivity index (χ0v) is 12.3. The average Bonchev–Trinajstić information content (AvgIpc) is 3.04. The minimum atomic E-state index is -0.0830. The minimum Gasteiger partial charge on any atom is -0.393 e. The topological polar surface area (TPSA) is 73.1 Å². The van der Waals surface area contributed by atoms with E-state index in [9.17, 15) is 0 Å². The number of anilines is 2. The summed E-state index contributed by atoms with van der Waals surface area (Å²) < 4.78 is 5.60. The van der Waals surface area contributed by atoms with Crippen LogP contribution in [0.3, 0.4) is 0 Å². The van der Waals surface area contributed by atoms with Gasteiger partial charge in [0.25, 0.3) is 0 Å². The van der Waals surface area contributed by atoms with Crippen LogP contribution in [-0.4, -0.2) is 16.6 Å². The van der Waals surface area contributed by atoms with Gasteiger partial charge in [0.2, 0.25) is 0 Å². The van der Waals surface area contributed by atoms with Crippen LogP contribution in [-0.2, 0) is 11.3 Å². The number of halogens is 1. The fourth-order valence-corrected chi connectivity index (χ4v) is 2.48. The van der Waals surface area contributed by atoms with Crippen molar-refractivity contribution < 1.29 is 4.74 Å². The summed E-state index contributed by atoms with van der Waals surface area (Å²) in [5, 5.41) is 3.49. The van der Waals surface area contributed by atoms with Gasteiger partial charge in [0, 0.05) is 13.2 Å². The van der Waals surface area contributed by atoms with Crippen LogP contribution in [0, 0.1) is 0 Å². The van der Waals surface area contributed by atoms with E-state index in [1.54, 1.807) is 0 Å². The lowest BCUT2D eigenvalue weighted by atomic mass is 10.2. The second-order valence-electron chi connectivity index (χ2n) is 4.98. The van der Waals surface area contributed by atoms with Crippen molar-refractivity contribution in [3.63, 3.8) is 0 Å². The van der Waals surface area contributed by atoms with Gasteiger partial charge in [-0.05, 0) is 18.4 Å². The molecule has 5 nitrogen and oxygen atoms in total. The number of nitrogens with zero attached hydrogens (tertiary/aromatic N) is 2. The molecule has 3 N–H and O–H groups in total. The maximum absolute atomic E-state index is 6.11. The summed E-state index contributed by atoms with van der Waals surface area (Å²) in [4.78, 5) is 8.71. The predicted octanol–water partition coefficient (Wildman–Crippen LogP) is 3.18. The molecule has 1 fully saturated rings. The SMILES string of the molecule is Nc1c(Cl)nc(C2CCCO2)nc1NCc1ccccc1. The lowest BCUT2D eigenvalue weighted by molar-refractivity contribution is 0.105. The molecule has 0 saturated carbocycles. The fourth-order valence-electron chi connectivity index (χ4n) is 2.30. The largest absolute Gasteiger partial charge is 0.393 e. The maximum Gasteiger partial charge on any atom is 0.161 e. The lowest BCUT2D eigenvalue weighted by Gasteiger charge is -2.14. The van der Waals surface area contributed by atoms with Gasteiger partial charge < -0.3 is 15.8 Å². The molecule has 110 valence electrons. The van der Waals surface area contributed by atoms with Gasteiger partial charge >= 0.3 is 0 Å². The number of benzene rings is 1. The normalized spacial score (nSPS) is 17.9. The van der Waals surface area contributed by atoms with Crippen LogP contribution >= 0.6 is 11.6 Å². The molecule has 0 amide bonds. The average molecular weight is 305 g/mol. The number of ether oxygens (including phenoxy) is 1. The molecular formula is C15H17ClN4O. The summed E-state index contributed by atoms with van der Waals surface area (Å²) in [7, 11) is 0. The fraction of sp³-hybridized carbons (Fsp3) is 0.333. The zero-order valence-electron chi connectivity index (χ0n) is 11.6. The molecule has 0 radical (unpaired) electrons. The Morgan fingerprint density at radius 3 is 2.81 bits per heavy atom. The predicted molar refractivity (Wildman–Crippen MR) is 83.2 cm³/mol. The van der Waals surface area contributed by atoms with Crippen LogP contribution in [0.5, 0.6) is 0 Å². The Labute approximate surface area is 128 Å². The van der Waals surface area contributed by atoms with E-state index in [-0.39, 0.29) is 11.3 Å². The number of hydrogen-bond donors (Lipinski definition) is 2. The van der Waals surface area contributed by atoms with E-state index >= 15 is 0 Å². The molecule has 6 heteroatoms. The van der Waals surface area contributed by atoms with Crippen molar-refractivity contribution in [2.45, 2.75) is 25.5 Å². The summed E-state index contributed by atoms with van der Waals surface area (Å²) in [6, 6.07) is 10.0. The van der Waals surface area contributed by atoms with Crippen LogP contribution < -0.4 is 11.1 Å². The zero-order chi connectivity index (χ0) is 14.7. The van der Waals surface area contributed by atoms with Gasteiger partial charge in [-0.25, -0.2) is 9.97 Å². The number of nitrogens with one attached hydrogen (secondary N) is 1.